The molecular formula is C18H17ClN4O. The van der Waals surface area contributed by atoms with Gasteiger partial charge in [-0.05, 0) is 42.5 Å². The van der Waals surface area contributed by atoms with Crippen molar-refractivity contribution in [1.29, 1.82) is 0 Å². The van der Waals surface area contributed by atoms with E-state index in [1.807, 2.05) is 17.0 Å². The van der Waals surface area contributed by atoms with Crippen LogP contribution in [0.15, 0.2) is 48.8 Å². The molecule has 1 aliphatic heterocycles. The highest BCUT2D eigenvalue weighted by atomic mass is 35.5. The second kappa shape index (κ2) is 6.24. The first-order valence-corrected chi connectivity index (χ1v) is 8.41. The Labute approximate surface area is 144 Å². The van der Waals surface area contributed by atoms with E-state index in [0.29, 0.717) is 17.3 Å². The van der Waals surface area contributed by atoms with Gasteiger partial charge in [0.05, 0.1) is 0 Å². The average molecular weight is 341 g/mol. The lowest BCUT2D eigenvalue weighted by atomic mass is 9.99. The molecule has 1 atom stereocenters. The maximum atomic E-state index is 12.7. The number of halogens is 1. The van der Waals surface area contributed by atoms with Gasteiger partial charge in [0, 0.05) is 36.6 Å². The largest absolute Gasteiger partial charge is 0.337 e. The van der Waals surface area contributed by atoms with E-state index in [0.717, 1.165) is 31.0 Å². The zero-order valence-corrected chi connectivity index (χ0v) is 13.9. The van der Waals surface area contributed by atoms with Crippen LogP contribution in [0.1, 0.15) is 22.5 Å². The summed E-state index contributed by atoms with van der Waals surface area (Å²) < 4.78 is 1.63. The number of aromatic nitrogens is 3. The number of nitrogens with zero attached hydrogens (tertiary/aromatic N) is 4. The van der Waals surface area contributed by atoms with Crippen LogP contribution < -0.4 is 0 Å². The number of rotatable bonds is 3. The molecule has 1 amide bonds. The molecule has 24 heavy (non-hydrogen) atoms. The Balaban J connectivity index is 1.44. The van der Waals surface area contributed by atoms with Crippen LogP contribution in [0.2, 0.25) is 5.02 Å². The summed E-state index contributed by atoms with van der Waals surface area (Å²) in [5, 5.41) is 5.08. The number of likely N-dealkylation sites (tertiary alicyclic amines) is 1. The highest BCUT2D eigenvalue weighted by molar-refractivity contribution is 6.30. The lowest BCUT2D eigenvalue weighted by Gasteiger charge is -2.15. The molecule has 1 unspecified atom stereocenters. The van der Waals surface area contributed by atoms with E-state index < -0.39 is 0 Å². The fourth-order valence-corrected chi connectivity index (χ4v) is 3.36. The van der Waals surface area contributed by atoms with Gasteiger partial charge in [0.1, 0.15) is 0 Å². The van der Waals surface area contributed by atoms with Crippen molar-refractivity contribution in [3.05, 3.63) is 65.1 Å². The second-order valence-electron chi connectivity index (χ2n) is 6.19. The van der Waals surface area contributed by atoms with Gasteiger partial charge in [0.25, 0.3) is 5.91 Å². The zero-order chi connectivity index (χ0) is 16.5. The van der Waals surface area contributed by atoms with Crippen molar-refractivity contribution in [2.75, 3.05) is 13.1 Å². The summed E-state index contributed by atoms with van der Waals surface area (Å²) >= 11 is 5.93. The fraction of sp³-hybridized carbons (Fsp3) is 0.278. The predicted molar refractivity (Wildman–Crippen MR) is 92.2 cm³/mol. The highest BCUT2D eigenvalue weighted by Crippen LogP contribution is 2.23. The van der Waals surface area contributed by atoms with Crippen molar-refractivity contribution >= 4 is 23.2 Å². The summed E-state index contributed by atoms with van der Waals surface area (Å²) in [7, 11) is 0. The number of carbonyl (C=O) groups is 1. The molecule has 1 aromatic carbocycles. The van der Waals surface area contributed by atoms with Gasteiger partial charge in [-0.1, -0.05) is 23.7 Å². The van der Waals surface area contributed by atoms with Gasteiger partial charge in [-0.2, -0.15) is 5.10 Å². The lowest BCUT2D eigenvalue weighted by Crippen LogP contribution is -2.29. The van der Waals surface area contributed by atoms with E-state index in [9.17, 15) is 4.79 Å². The minimum absolute atomic E-state index is 0.0147. The number of carbonyl (C=O) groups excluding carboxylic acids is 1. The molecule has 3 aromatic rings. The Morgan fingerprint density at radius 2 is 2.12 bits per heavy atom. The van der Waals surface area contributed by atoms with Crippen molar-refractivity contribution in [3.8, 4) is 0 Å². The summed E-state index contributed by atoms with van der Waals surface area (Å²) in [6.45, 7) is 1.54. The Morgan fingerprint density at radius 1 is 1.29 bits per heavy atom. The van der Waals surface area contributed by atoms with Crippen LogP contribution in [0.4, 0.5) is 0 Å². The normalized spacial score (nSPS) is 17.5. The zero-order valence-electron chi connectivity index (χ0n) is 13.1. The quantitative estimate of drug-likeness (QED) is 0.736. The molecule has 5 nitrogen and oxygen atoms in total. The van der Waals surface area contributed by atoms with Crippen molar-refractivity contribution in [1.82, 2.24) is 19.5 Å². The Bertz CT molecular complexity index is 841. The van der Waals surface area contributed by atoms with Gasteiger partial charge >= 0.3 is 0 Å². The van der Waals surface area contributed by atoms with Crippen molar-refractivity contribution in [2.45, 2.75) is 12.8 Å². The smallest absolute Gasteiger partial charge is 0.274 e. The maximum absolute atomic E-state index is 12.7. The third-order valence-electron chi connectivity index (χ3n) is 4.47. The molecule has 0 spiro atoms. The van der Waals surface area contributed by atoms with Gasteiger partial charge in [0.15, 0.2) is 11.3 Å². The van der Waals surface area contributed by atoms with Crippen LogP contribution in [-0.2, 0) is 6.42 Å². The Hall–Kier alpha value is -2.40. The molecule has 0 saturated carbocycles. The molecule has 0 bridgehead atoms. The first-order valence-electron chi connectivity index (χ1n) is 8.03. The van der Waals surface area contributed by atoms with Crippen LogP contribution in [0, 0.1) is 5.92 Å². The van der Waals surface area contributed by atoms with E-state index >= 15 is 0 Å². The molecule has 1 fully saturated rings. The van der Waals surface area contributed by atoms with Crippen molar-refractivity contribution in [2.24, 2.45) is 5.92 Å². The number of hydrogen-bond acceptors (Lipinski definition) is 3. The number of benzene rings is 1. The lowest BCUT2D eigenvalue weighted by molar-refractivity contribution is 0.0781. The van der Waals surface area contributed by atoms with E-state index in [-0.39, 0.29) is 5.91 Å². The molecule has 2 aromatic heterocycles. The number of amides is 1. The van der Waals surface area contributed by atoms with Gasteiger partial charge in [-0.3, -0.25) is 4.79 Å². The fourth-order valence-electron chi connectivity index (χ4n) is 3.23. The van der Waals surface area contributed by atoms with Gasteiger partial charge in [0.2, 0.25) is 0 Å². The maximum Gasteiger partial charge on any atom is 0.274 e. The van der Waals surface area contributed by atoms with Crippen LogP contribution in [-0.4, -0.2) is 38.5 Å². The third kappa shape index (κ3) is 2.99. The molecule has 6 heteroatoms. The first-order chi connectivity index (χ1) is 11.7. The predicted octanol–water partition coefficient (Wildman–Crippen LogP) is 3.09. The standard InChI is InChI=1S/C18H17ClN4O/c19-15-4-2-13(3-5-15)10-14-6-9-22(12-14)18(24)16-11-17-20-7-1-8-23(17)21-16/h1-5,7-8,11,14H,6,9-10,12H2. The van der Waals surface area contributed by atoms with Crippen LogP contribution >= 0.6 is 11.6 Å². The molecule has 0 N–H and O–H groups in total. The summed E-state index contributed by atoms with van der Waals surface area (Å²) in [5.41, 5.74) is 2.41. The minimum atomic E-state index is -0.0147. The van der Waals surface area contributed by atoms with Gasteiger partial charge in [-0.25, -0.2) is 9.50 Å². The Kier molecular flexibility index (Phi) is 3.94. The number of fused-ring (bicyclic) bond motifs is 1. The van der Waals surface area contributed by atoms with Crippen molar-refractivity contribution < 1.29 is 4.79 Å². The molecule has 1 aliphatic rings. The summed E-state index contributed by atoms with van der Waals surface area (Å²) in [6.07, 6.45) is 5.48. The summed E-state index contributed by atoms with van der Waals surface area (Å²) in [6, 6.07) is 11.5. The summed E-state index contributed by atoms with van der Waals surface area (Å²) in [5.74, 6) is 0.462. The van der Waals surface area contributed by atoms with E-state index in [4.69, 9.17) is 11.6 Å². The second-order valence-corrected chi connectivity index (χ2v) is 6.62. The first kappa shape index (κ1) is 15.1. The van der Waals surface area contributed by atoms with Gasteiger partial charge in [-0.15, -0.1) is 0 Å². The van der Waals surface area contributed by atoms with Crippen LogP contribution in [0.25, 0.3) is 5.65 Å². The molecule has 122 valence electrons. The molecule has 0 aliphatic carbocycles. The molecular weight excluding hydrogens is 324 g/mol. The van der Waals surface area contributed by atoms with E-state index in [1.165, 1.54) is 5.56 Å². The van der Waals surface area contributed by atoms with Crippen molar-refractivity contribution in [3.63, 3.8) is 0 Å². The average Bonchev–Trinajstić information content (AvgIpc) is 3.23. The number of hydrogen-bond donors (Lipinski definition) is 0. The third-order valence-corrected chi connectivity index (χ3v) is 4.72. The van der Waals surface area contributed by atoms with Gasteiger partial charge < -0.3 is 4.90 Å². The molecule has 4 rings (SSSR count). The van der Waals surface area contributed by atoms with E-state index in [2.05, 4.69) is 22.2 Å². The van der Waals surface area contributed by atoms with Crippen LogP contribution in [0.3, 0.4) is 0 Å². The minimum Gasteiger partial charge on any atom is -0.337 e. The molecule has 1 saturated heterocycles. The SMILES string of the molecule is O=C(c1cc2ncccn2n1)N1CCC(Cc2ccc(Cl)cc2)C1. The highest BCUT2D eigenvalue weighted by Gasteiger charge is 2.28. The topological polar surface area (TPSA) is 50.5 Å². The molecule has 0 radical (unpaired) electrons. The monoisotopic (exact) mass is 340 g/mol. The summed E-state index contributed by atoms with van der Waals surface area (Å²) in [4.78, 5) is 18.8. The van der Waals surface area contributed by atoms with Crippen LogP contribution in [0.5, 0.6) is 0 Å². The molecule has 3 heterocycles. The Morgan fingerprint density at radius 3 is 2.92 bits per heavy atom. The van der Waals surface area contributed by atoms with E-state index in [1.54, 1.807) is 29.0 Å².